The van der Waals surface area contributed by atoms with Gasteiger partial charge in [0.2, 0.25) is 0 Å². The molecule has 0 heterocycles. The van der Waals surface area contributed by atoms with Gasteiger partial charge in [-0.05, 0) is 18.3 Å². The minimum Gasteiger partial charge on any atom is -0.390 e. The van der Waals surface area contributed by atoms with E-state index in [-0.39, 0.29) is 18.4 Å². The molecule has 8 nitrogen and oxygen atoms in total. The fraction of sp³-hybridized carbons (Fsp3) is 1.00. The molecule has 0 aliphatic heterocycles. The first kappa shape index (κ1) is 24.3. The molecule has 10 heteroatoms. The van der Waals surface area contributed by atoms with Crippen LogP contribution in [0.4, 0.5) is 0 Å². The van der Waals surface area contributed by atoms with Gasteiger partial charge in [0.1, 0.15) is 0 Å². The molecule has 0 amide bonds. The smallest absolute Gasteiger partial charge is 0.340 e. The maximum Gasteiger partial charge on any atom is 0.340 e. The standard InChI is InChI=1S/C16H34O8P2/c1-3-5-7-12(8-6-4-2)14-9-13(15(17)16(14)18)10-24-26(22,23)11-25(19,20)21/h12-18H,3-11H2,1-2H3,(H,22,23)(H2,19,20,21). The lowest BCUT2D eigenvalue weighted by Gasteiger charge is -2.26. The van der Waals surface area contributed by atoms with E-state index in [9.17, 15) is 24.2 Å². The molecular weight excluding hydrogens is 382 g/mol. The van der Waals surface area contributed by atoms with E-state index >= 15 is 0 Å². The molecular formula is C16H34O8P2. The van der Waals surface area contributed by atoms with Gasteiger partial charge in [-0.3, -0.25) is 9.13 Å². The van der Waals surface area contributed by atoms with Crippen LogP contribution < -0.4 is 0 Å². The highest BCUT2D eigenvalue weighted by atomic mass is 31.2. The van der Waals surface area contributed by atoms with Crippen LogP contribution in [0.5, 0.6) is 0 Å². The molecule has 0 aromatic heterocycles. The van der Waals surface area contributed by atoms with Gasteiger partial charge in [-0.25, -0.2) is 0 Å². The van der Waals surface area contributed by atoms with Gasteiger partial charge in [0.15, 0.2) is 5.90 Å². The van der Waals surface area contributed by atoms with E-state index in [4.69, 9.17) is 14.3 Å². The summed E-state index contributed by atoms with van der Waals surface area (Å²) in [5.41, 5.74) is 0. The van der Waals surface area contributed by atoms with Gasteiger partial charge in [0, 0.05) is 5.92 Å². The van der Waals surface area contributed by atoms with Crippen LogP contribution in [0.1, 0.15) is 58.8 Å². The van der Waals surface area contributed by atoms with Crippen molar-refractivity contribution in [2.24, 2.45) is 17.8 Å². The maximum absolute atomic E-state index is 11.8. The third-order valence-electron chi connectivity index (χ3n) is 5.16. The molecule has 0 radical (unpaired) electrons. The van der Waals surface area contributed by atoms with Gasteiger partial charge < -0.3 is 29.4 Å². The molecule has 26 heavy (non-hydrogen) atoms. The highest BCUT2D eigenvalue weighted by Gasteiger charge is 2.45. The Kier molecular flexibility index (Phi) is 9.96. The van der Waals surface area contributed by atoms with Crippen LogP contribution in [0.25, 0.3) is 0 Å². The molecule has 0 aromatic rings. The van der Waals surface area contributed by atoms with E-state index in [1.165, 1.54) is 0 Å². The van der Waals surface area contributed by atoms with Crippen molar-refractivity contribution in [2.45, 2.75) is 71.0 Å². The van der Waals surface area contributed by atoms with Crippen LogP contribution in [-0.2, 0) is 13.7 Å². The van der Waals surface area contributed by atoms with Gasteiger partial charge in [0.25, 0.3) is 0 Å². The van der Waals surface area contributed by atoms with E-state index in [0.29, 0.717) is 6.42 Å². The number of aliphatic hydroxyl groups is 2. The number of hydrogen-bond acceptors (Lipinski definition) is 5. The van der Waals surface area contributed by atoms with E-state index in [1.807, 2.05) is 0 Å². The van der Waals surface area contributed by atoms with E-state index in [0.717, 1.165) is 38.5 Å². The quantitative estimate of drug-likeness (QED) is 0.305. The zero-order chi connectivity index (χ0) is 20.0. The zero-order valence-electron chi connectivity index (χ0n) is 15.6. The summed E-state index contributed by atoms with van der Waals surface area (Å²) in [4.78, 5) is 27.2. The first-order chi connectivity index (χ1) is 12.0. The predicted molar refractivity (Wildman–Crippen MR) is 98.8 cm³/mol. The van der Waals surface area contributed by atoms with Crippen molar-refractivity contribution in [1.29, 1.82) is 0 Å². The molecule has 156 valence electrons. The van der Waals surface area contributed by atoms with Crippen LogP contribution in [0.2, 0.25) is 0 Å². The summed E-state index contributed by atoms with van der Waals surface area (Å²) in [6.45, 7) is 3.90. The third-order valence-corrected chi connectivity index (χ3v) is 8.62. The average Bonchev–Trinajstić information content (AvgIpc) is 2.79. The monoisotopic (exact) mass is 416 g/mol. The summed E-state index contributed by atoms with van der Waals surface area (Å²) in [7, 11) is -9.13. The molecule has 1 rings (SSSR count). The number of unbranched alkanes of at least 4 members (excludes halogenated alkanes) is 2. The second kappa shape index (κ2) is 10.7. The normalized spacial score (nSPS) is 29.2. The highest BCUT2D eigenvalue weighted by molar-refractivity contribution is 7.70. The topological polar surface area (TPSA) is 145 Å². The first-order valence-corrected chi connectivity index (χ1v) is 12.9. The minimum atomic E-state index is -4.68. The van der Waals surface area contributed by atoms with Gasteiger partial charge in [-0.1, -0.05) is 52.4 Å². The maximum atomic E-state index is 11.8. The Labute approximate surface area is 155 Å². The van der Waals surface area contributed by atoms with Gasteiger partial charge in [-0.15, -0.1) is 0 Å². The number of hydrogen-bond donors (Lipinski definition) is 5. The summed E-state index contributed by atoms with van der Waals surface area (Å²) >= 11 is 0. The first-order valence-electron chi connectivity index (χ1n) is 9.37. The molecule has 0 bridgehead atoms. The average molecular weight is 416 g/mol. The van der Waals surface area contributed by atoms with Crippen LogP contribution >= 0.6 is 15.2 Å². The molecule has 0 spiro atoms. The SMILES string of the molecule is CCCCC(CCCC)C1CC(COP(=O)(O)CP(=O)(O)O)C(O)C1O. The van der Waals surface area contributed by atoms with Crippen LogP contribution in [0, 0.1) is 17.8 Å². The Hall–Kier alpha value is 0.220. The number of rotatable bonds is 12. The fourth-order valence-electron chi connectivity index (χ4n) is 3.79. The van der Waals surface area contributed by atoms with Crippen molar-refractivity contribution in [2.75, 3.05) is 12.5 Å². The second-order valence-electron chi connectivity index (χ2n) is 7.42. The van der Waals surface area contributed by atoms with Crippen molar-refractivity contribution in [3.8, 4) is 0 Å². The lowest BCUT2D eigenvalue weighted by atomic mass is 9.81. The molecule has 1 aliphatic rings. The van der Waals surface area contributed by atoms with Crippen LogP contribution in [-0.4, -0.2) is 49.6 Å². The molecule has 5 unspecified atom stereocenters. The molecule has 5 atom stereocenters. The Morgan fingerprint density at radius 2 is 1.54 bits per heavy atom. The van der Waals surface area contributed by atoms with Crippen LogP contribution in [0.3, 0.4) is 0 Å². The van der Waals surface area contributed by atoms with Gasteiger partial charge in [-0.2, -0.15) is 0 Å². The Morgan fingerprint density at radius 1 is 1.00 bits per heavy atom. The van der Waals surface area contributed by atoms with Crippen molar-refractivity contribution >= 4 is 15.2 Å². The van der Waals surface area contributed by atoms with Gasteiger partial charge >= 0.3 is 15.2 Å². The van der Waals surface area contributed by atoms with Crippen molar-refractivity contribution in [3.63, 3.8) is 0 Å². The van der Waals surface area contributed by atoms with E-state index in [1.54, 1.807) is 0 Å². The largest absolute Gasteiger partial charge is 0.390 e. The molecule has 0 aromatic carbocycles. The van der Waals surface area contributed by atoms with Crippen molar-refractivity contribution in [1.82, 2.24) is 0 Å². The minimum absolute atomic E-state index is 0.100. The summed E-state index contributed by atoms with van der Waals surface area (Å²) in [6.07, 6.45) is 4.61. The van der Waals surface area contributed by atoms with Crippen molar-refractivity contribution < 1.29 is 38.5 Å². The molecule has 5 N–H and O–H groups in total. The fourth-order valence-corrected chi connectivity index (χ4v) is 6.40. The second-order valence-corrected chi connectivity index (χ2v) is 11.4. The lowest BCUT2D eigenvalue weighted by Crippen LogP contribution is -2.32. The highest BCUT2D eigenvalue weighted by Crippen LogP contribution is 2.56. The van der Waals surface area contributed by atoms with E-state index in [2.05, 4.69) is 13.8 Å². The molecule has 1 saturated carbocycles. The van der Waals surface area contributed by atoms with Crippen LogP contribution in [0.15, 0.2) is 0 Å². The number of aliphatic hydroxyl groups excluding tert-OH is 2. The van der Waals surface area contributed by atoms with Gasteiger partial charge in [0.05, 0.1) is 18.8 Å². The Balaban J connectivity index is 2.69. The van der Waals surface area contributed by atoms with E-state index < -0.39 is 39.2 Å². The summed E-state index contributed by atoms with van der Waals surface area (Å²) < 4.78 is 27.5. The Bertz CT molecular complexity index is 500. The summed E-state index contributed by atoms with van der Waals surface area (Å²) in [5, 5.41) is 20.8. The van der Waals surface area contributed by atoms with Crippen molar-refractivity contribution in [3.05, 3.63) is 0 Å². The molecule has 1 fully saturated rings. The third kappa shape index (κ3) is 8.07. The summed E-state index contributed by atoms with van der Waals surface area (Å²) in [5.74, 6) is -1.60. The zero-order valence-corrected chi connectivity index (χ0v) is 17.4. The summed E-state index contributed by atoms with van der Waals surface area (Å²) in [6, 6.07) is 0. The lowest BCUT2D eigenvalue weighted by molar-refractivity contribution is -0.0150. The Morgan fingerprint density at radius 3 is 2.00 bits per heavy atom. The molecule has 1 aliphatic carbocycles. The predicted octanol–water partition coefficient (Wildman–Crippen LogP) is 2.68. The molecule has 0 saturated heterocycles.